The lowest BCUT2D eigenvalue weighted by molar-refractivity contribution is 0.414. The number of hydrogen-bond donors (Lipinski definition) is 1. The fourth-order valence-electron chi connectivity index (χ4n) is 2.63. The second-order valence-corrected chi connectivity index (χ2v) is 5.32. The molecule has 0 amide bonds. The van der Waals surface area contributed by atoms with E-state index in [0.717, 1.165) is 18.4 Å². The largest absolute Gasteiger partial charge is 0.507 e. The lowest BCUT2D eigenvalue weighted by atomic mass is 9.83. The summed E-state index contributed by atoms with van der Waals surface area (Å²) in [6.07, 6.45) is 7.56. The zero-order valence-electron chi connectivity index (χ0n) is 11.1. The molecule has 0 aromatic heterocycles. The maximum atomic E-state index is 10.4. The van der Waals surface area contributed by atoms with E-state index in [-0.39, 0.29) is 0 Å². The topological polar surface area (TPSA) is 32.6 Å². The van der Waals surface area contributed by atoms with Crippen LogP contribution >= 0.6 is 11.6 Å². The summed E-state index contributed by atoms with van der Waals surface area (Å²) in [5.41, 5.74) is 1.61. The number of rotatable bonds is 2. The van der Waals surface area contributed by atoms with Gasteiger partial charge in [-0.3, -0.25) is 0 Å². The molecule has 0 heterocycles. The molecule has 3 heteroatoms. The lowest BCUT2D eigenvalue weighted by Gasteiger charge is -2.23. The monoisotopic (exact) mass is 275 g/mol. The zero-order chi connectivity index (χ0) is 13.7. The van der Waals surface area contributed by atoms with Crippen LogP contribution in [0.5, 0.6) is 5.75 Å². The van der Waals surface area contributed by atoms with Crippen molar-refractivity contribution in [2.45, 2.75) is 44.9 Å². The Labute approximate surface area is 119 Å². The number of hydrogen-bond acceptors (Lipinski definition) is 2. The van der Waals surface area contributed by atoms with E-state index >= 15 is 0 Å². The molecule has 1 fully saturated rings. The van der Waals surface area contributed by atoms with Crippen molar-refractivity contribution >= 4 is 17.8 Å². The van der Waals surface area contributed by atoms with Gasteiger partial charge in [0.1, 0.15) is 5.75 Å². The minimum absolute atomic E-state index is 0.304. The Morgan fingerprint density at radius 1 is 1.32 bits per heavy atom. The standard InChI is InChI=1S/C16H18ClNO/c1-2-8-18-11-13-9-14(17)10-15(16(13)19)12-6-4-3-5-7-12/h9-12,19H,3-7H2,1H3. The Hall–Kier alpha value is -1.46. The molecule has 1 saturated carbocycles. The molecule has 0 atom stereocenters. The number of nitrogens with zero attached hydrogens (tertiary/aromatic N) is 1. The SMILES string of the molecule is CC#CN=Cc1cc(Cl)cc(C2CCCCC2)c1O. The van der Waals surface area contributed by atoms with Crippen molar-refractivity contribution < 1.29 is 5.11 Å². The van der Waals surface area contributed by atoms with Crippen molar-refractivity contribution in [2.75, 3.05) is 0 Å². The van der Waals surface area contributed by atoms with Crippen LogP contribution in [-0.4, -0.2) is 11.3 Å². The molecule has 0 aliphatic heterocycles. The third-order valence-corrected chi connectivity index (χ3v) is 3.78. The van der Waals surface area contributed by atoms with Gasteiger partial charge in [0.15, 0.2) is 0 Å². The smallest absolute Gasteiger partial charge is 0.127 e. The number of aromatic hydroxyl groups is 1. The summed E-state index contributed by atoms with van der Waals surface area (Å²) < 4.78 is 0. The second-order valence-electron chi connectivity index (χ2n) is 4.89. The first-order valence-corrected chi connectivity index (χ1v) is 7.07. The molecule has 0 spiro atoms. The maximum Gasteiger partial charge on any atom is 0.127 e. The highest BCUT2D eigenvalue weighted by atomic mass is 35.5. The van der Waals surface area contributed by atoms with E-state index in [9.17, 15) is 5.11 Å². The molecule has 1 aliphatic rings. The van der Waals surface area contributed by atoms with Gasteiger partial charge in [-0.1, -0.05) is 36.8 Å². The van der Waals surface area contributed by atoms with Gasteiger partial charge in [0.25, 0.3) is 0 Å². The number of halogens is 1. The van der Waals surface area contributed by atoms with Gasteiger partial charge in [-0.25, -0.2) is 4.99 Å². The van der Waals surface area contributed by atoms with Crippen LogP contribution < -0.4 is 0 Å². The Morgan fingerprint density at radius 3 is 2.74 bits per heavy atom. The summed E-state index contributed by atoms with van der Waals surface area (Å²) in [6.45, 7) is 1.72. The van der Waals surface area contributed by atoms with Crippen LogP contribution in [0, 0.1) is 12.0 Å². The Bertz CT molecular complexity index is 534. The fourth-order valence-corrected chi connectivity index (χ4v) is 2.87. The number of aliphatic imine (C=N–C) groups is 1. The summed E-state index contributed by atoms with van der Waals surface area (Å²) in [7, 11) is 0. The Morgan fingerprint density at radius 2 is 2.05 bits per heavy atom. The summed E-state index contributed by atoms with van der Waals surface area (Å²) in [5, 5.41) is 11.0. The van der Waals surface area contributed by atoms with E-state index in [2.05, 4.69) is 17.0 Å². The third kappa shape index (κ3) is 3.52. The van der Waals surface area contributed by atoms with E-state index in [1.807, 2.05) is 6.07 Å². The number of benzene rings is 1. The highest BCUT2D eigenvalue weighted by Crippen LogP contribution is 2.39. The van der Waals surface area contributed by atoms with Crippen LogP contribution in [0.2, 0.25) is 5.02 Å². The average molecular weight is 276 g/mol. The molecule has 0 radical (unpaired) electrons. The highest BCUT2D eigenvalue weighted by Gasteiger charge is 2.20. The predicted molar refractivity (Wildman–Crippen MR) is 80.0 cm³/mol. The molecule has 0 bridgehead atoms. The third-order valence-electron chi connectivity index (χ3n) is 3.56. The van der Waals surface area contributed by atoms with Crippen molar-refractivity contribution in [3.8, 4) is 17.7 Å². The lowest BCUT2D eigenvalue weighted by Crippen LogP contribution is -2.05. The van der Waals surface area contributed by atoms with Gasteiger partial charge < -0.3 is 5.11 Å². The van der Waals surface area contributed by atoms with Crippen molar-refractivity contribution in [3.63, 3.8) is 0 Å². The zero-order valence-corrected chi connectivity index (χ0v) is 11.9. The quantitative estimate of drug-likeness (QED) is 0.626. The van der Waals surface area contributed by atoms with Crippen LogP contribution in [0.15, 0.2) is 17.1 Å². The first kappa shape index (κ1) is 14.0. The van der Waals surface area contributed by atoms with Gasteiger partial charge in [0.2, 0.25) is 0 Å². The highest BCUT2D eigenvalue weighted by molar-refractivity contribution is 6.31. The summed E-state index contributed by atoms with van der Waals surface area (Å²) in [6, 6.07) is 6.22. The molecular formula is C16H18ClNO. The van der Waals surface area contributed by atoms with Crippen LogP contribution in [0.4, 0.5) is 0 Å². The van der Waals surface area contributed by atoms with Crippen molar-refractivity contribution in [3.05, 3.63) is 28.3 Å². The molecule has 0 saturated heterocycles. The summed E-state index contributed by atoms with van der Waals surface area (Å²) >= 11 is 6.15. The van der Waals surface area contributed by atoms with E-state index in [1.165, 1.54) is 19.3 Å². The second kappa shape index (κ2) is 6.63. The van der Waals surface area contributed by atoms with Gasteiger partial charge >= 0.3 is 0 Å². The van der Waals surface area contributed by atoms with Gasteiger partial charge in [-0.05, 0) is 43.4 Å². The van der Waals surface area contributed by atoms with Crippen molar-refractivity contribution in [1.29, 1.82) is 0 Å². The molecular weight excluding hydrogens is 258 g/mol. The molecule has 1 aromatic rings. The summed E-state index contributed by atoms with van der Waals surface area (Å²) in [4.78, 5) is 3.94. The first-order chi connectivity index (χ1) is 9.22. The Kier molecular flexibility index (Phi) is 4.87. The predicted octanol–water partition coefficient (Wildman–Crippen LogP) is 4.49. The molecule has 0 unspecified atom stereocenters. The van der Waals surface area contributed by atoms with E-state index < -0.39 is 0 Å². The molecule has 2 rings (SSSR count). The van der Waals surface area contributed by atoms with Gasteiger partial charge in [0, 0.05) is 22.8 Å². The van der Waals surface area contributed by atoms with Crippen LogP contribution in [0.1, 0.15) is 56.1 Å². The number of phenolic OH excluding ortho intramolecular Hbond substituents is 1. The minimum Gasteiger partial charge on any atom is -0.507 e. The van der Waals surface area contributed by atoms with Crippen LogP contribution in [0.3, 0.4) is 0 Å². The summed E-state index contributed by atoms with van der Waals surface area (Å²) in [5.74, 6) is 3.40. The van der Waals surface area contributed by atoms with E-state index in [1.54, 1.807) is 19.2 Å². The van der Waals surface area contributed by atoms with Crippen molar-refractivity contribution in [2.24, 2.45) is 4.99 Å². The van der Waals surface area contributed by atoms with E-state index in [0.29, 0.717) is 22.3 Å². The maximum absolute atomic E-state index is 10.4. The number of phenols is 1. The molecule has 1 aromatic carbocycles. The van der Waals surface area contributed by atoms with Crippen molar-refractivity contribution in [1.82, 2.24) is 0 Å². The molecule has 100 valence electrons. The average Bonchev–Trinajstić information content (AvgIpc) is 2.43. The van der Waals surface area contributed by atoms with Gasteiger partial charge in [-0.15, -0.1) is 0 Å². The Balaban J connectivity index is 2.34. The molecule has 1 aliphatic carbocycles. The van der Waals surface area contributed by atoms with E-state index in [4.69, 9.17) is 11.6 Å². The van der Waals surface area contributed by atoms with Crippen LogP contribution in [-0.2, 0) is 0 Å². The minimum atomic E-state index is 0.304. The van der Waals surface area contributed by atoms with Gasteiger partial charge in [-0.2, -0.15) is 0 Å². The van der Waals surface area contributed by atoms with Gasteiger partial charge in [0.05, 0.1) is 0 Å². The molecule has 2 nitrogen and oxygen atoms in total. The fraction of sp³-hybridized carbons (Fsp3) is 0.438. The van der Waals surface area contributed by atoms with Crippen LogP contribution in [0.25, 0.3) is 0 Å². The normalized spacial score (nSPS) is 16.3. The molecule has 19 heavy (non-hydrogen) atoms. The molecule has 1 N–H and O–H groups in total. The first-order valence-electron chi connectivity index (χ1n) is 6.69.